The molecule has 96 valence electrons. The smallest absolute Gasteiger partial charge is 0.261 e. The molecule has 2 rings (SSSR count). The number of aryl methyl sites for hydroxylation is 3. The lowest BCUT2D eigenvalue weighted by molar-refractivity contribution is 0.600. The Morgan fingerprint density at radius 3 is 2.50 bits per heavy atom. The molecule has 0 aliphatic rings. The van der Waals surface area contributed by atoms with E-state index in [-0.39, 0.29) is 10.8 Å². The fourth-order valence-electron chi connectivity index (χ4n) is 1.66. The van der Waals surface area contributed by atoms with Crippen LogP contribution < -0.4 is 4.72 Å². The summed E-state index contributed by atoms with van der Waals surface area (Å²) in [6, 6.07) is 5.15. The van der Waals surface area contributed by atoms with Gasteiger partial charge in [-0.3, -0.25) is 5.10 Å². The monoisotopic (exact) mass is 266 g/mol. The minimum Gasteiger partial charge on any atom is -0.261 e. The van der Waals surface area contributed by atoms with E-state index in [1.54, 1.807) is 26.0 Å². The van der Waals surface area contributed by atoms with Crippen molar-refractivity contribution in [2.45, 2.75) is 25.7 Å². The van der Waals surface area contributed by atoms with Gasteiger partial charge in [-0.1, -0.05) is 17.7 Å². The maximum absolute atomic E-state index is 12.1. The Balaban J connectivity index is 2.36. The third-order valence-corrected chi connectivity index (χ3v) is 3.93. The number of nitrogens with zero attached hydrogens (tertiary/aromatic N) is 2. The van der Waals surface area contributed by atoms with Gasteiger partial charge in [-0.2, -0.15) is 4.98 Å². The summed E-state index contributed by atoms with van der Waals surface area (Å²) < 4.78 is 26.6. The van der Waals surface area contributed by atoms with Crippen LogP contribution in [0.2, 0.25) is 0 Å². The molecule has 0 amide bonds. The summed E-state index contributed by atoms with van der Waals surface area (Å²) in [4.78, 5) is 4.14. The number of anilines is 1. The highest BCUT2D eigenvalue weighted by atomic mass is 32.2. The van der Waals surface area contributed by atoms with Gasteiger partial charge in [0.25, 0.3) is 16.0 Å². The van der Waals surface area contributed by atoms with Crippen LogP contribution in [0.3, 0.4) is 0 Å². The van der Waals surface area contributed by atoms with Gasteiger partial charge in [0.15, 0.2) is 0 Å². The molecule has 7 heteroatoms. The molecule has 0 fully saturated rings. The van der Waals surface area contributed by atoms with Gasteiger partial charge >= 0.3 is 0 Å². The molecule has 0 saturated heterocycles. The Labute approximate surface area is 106 Å². The maximum atomic E-state index is 12.1. The van der Waals surface area contributed by atoms with E-state index in [4.69, 9.17) is 0 Å². The van der Waals surface area contributed by atoms with E-state index in [0.29, 0.717) is 11.4 Å². The maximum Gasteiger partial charge on any atom is 0.264 e. The van der Waals surface area contributed by atoms with E-state index in [0.717, 1.165) is 5.56 Å². The number of aromatic nitrogens is 3. The SMILES string of the molecule is Cc1ccc(S(=O)(=O)Nc2n[nH]c(C)n2)c(C)c1. The van der Waals surface area contributed by atoms with Gasteiger partial charge in [-0.15, -0.1) is 5.10 Å². The van der Waals surface area contributed by atoms with Crippen molar-refractivity contribution in [3.8, 4) is 0 Å². The molecule has 1 aromatic carbocycles. The normalized spacial score (nSPS) is 11.5. The second-order valence-corrected chi connectivity index (χ2v) is 5.77. The van der Waals surface area contributed by atoms with E-state index in [9.17, 15) is 8.42 Å². The van der Waals surface area contributed by atoms with Gasteiger partial charge in [-0.25, -0.2) is 13.1 Å². The van der Waals surface area contributed by atoms with Crippen molar-refractivity contribution in [2.75, 3.05) is 4.72 Å². The largest absolute Gasteiger partial charge is 0.264 e. The van der Waals surface area contributed by atoms with Crippen molar-refractivity contribution in [2.24, 2.45) is 0 Å². The van der Waals surface area contributed by atoms with Crippen LogP contribution in [0, 0.1) is 20.8 Å². The summed E-state index contributed by atoms with van der Waals surface area (Å²) in [6.07, 6.45) is 0. The fourth-order valence-corrected chi connectivity index (χ4v) is 2.84. The average molecular weight is 266 g/mol. The van der Waals surface area contributed by atoms with Crippen molar-refractivity contribution in [1.29, 1.82) is 0 Å². The van der Waals surface area contributed by atoms with E-state index in [1.807, 2.05) is 13.0 Å². The molecule has 0 radical (unpaired) electrons. The van der Waals surface area contributed by atoms with E-state index < -0.39 is 10.0 Å². The molecule has 0 saturated carbocycles. The Bertz CT molecular complexity index is 676. The quantitative estimate of drug-likeness (QED) is 0.881. The van der Waals surface area contributed by atoms with Gasteiger partial charge in [-0.05, 0) is 32.4 Å². The Morgan fingerprint density at radius 1 is 1.22 bits per heavy atom. The zero-order valence-electron chi connectivity index (χ0n) is 10.4. The second-order valence-electron chi connectivity index (χ2n) is 4.12. The average Bonchev–Trinajstić information content (AvgIpc) is 2.62. The number of hydrogen-bond acceptors (Lipinski definition) is 4. The molecule has 0 aliphatic carbocycles. The Kier molecular flexibility index (Phi) is 3.08. The van der Waals surface area contributed by atoms with Gasteiger partial charge in [0.05, 0.1) is 4.90 Å². The minimum absolute atomic E-state index is 0.0486. The highest BCUT2D eigenvalue weighted by Gasteiger charge is 2.18. The van der Waals surface area contributed by atoms with Crippen LogP contribution >= 0.6 is 0 Å². The van der Waals surface area contributed by atoms with Gasteiger partial charge in [0.1, 0.15) is 5.82 Å². The molecule has 18 heavy (non-hydrogen) atoms. The number of rotatable bonds is 3. The molecule has 1 heterocycles. The first kappa shape index (κ1) is 12.6. The molecule has 0 aliphatic heterocycles. The van der Waals surface area contributed by atoms with Crippen LogP contribution in [-0.2, 0) is 10.0 Å². The lowest BCUT2D eigenvalue weighted by Crippen LogP contribution is -2.15. The number of sulfonamides is 1. The Morgan fingerprint density at radius 2 is 1.94 bits per heavy atom. The summed E-state index contributed by atoms with van der Waals surface area (Å²) in [7, 11) is -3.64. The van der Waals surface area contributed by atoms with Crippen LogP contribution in [0.4, 0.5) is 5.95 Å². The molecule has 2 N–H and O–H groups in total. The molecule has 0 atom stereocenters. The van der Waals surface area contributed by atoms with Gasteiger partial charge in [0.2, 0.25) is 0 Å². The first-order chi connectivity index (χ1) is 8.38. The van der Waals surface area contributed by atoms with Crippen LogP contribution in [0.25, 0.3) is 0 Å². The van der Waals surface area contributed by atoms with E-state index >= 15 is 0 Å². The van der Waals surface area contributed by atoms with Gasteiger partial charge in [0, 0.05) is 0 Å². The predicted octanol–water partition coefficient (Wildman–Crippen LogP) is 1.53. The highest BCUT2D eigenvalue weighted by Crippen LogP contribution is 2.18. The zero-order valence-corrected chi connectivity index (χ0v) is 11.2. The fraction of sp³-hybridized carbons (Fsp3) is 0.273. The van der Waals surface area contributed by atoms with Crippen molar-refractivity contribution in [3.63, 3.8) is 0 Å². The summed E-state index contributed by atoms with van der Waals surface area (Å²) in [5.41, 5.74) is 1.70. The van der Waals surface area contributed by atoms with Crippen molar-refractivity contribution in [3.05, 3.63) is 35.2 Å². The number of nitrogens with one attached hydrogen (secondary N) is 2. The molecule has 1 aromatic heterocycles. The molecule has 0 spiro atoms. The third-order valence-electron chi connectivity index (χ3n) is 2.44. The lowest BCUT2D eigenvalue weighted by atomic mass is 10.2. The summed E-state index contributed by atoms with van der Waals surface area (Å²) >= 11 is 0. The van der Waals surface area contributed by atoms with Crippen molar-refractivity contribution >= 4 is 16.0 Å². The number of benzene rings is 1. The molecule has 6 nitrogen and oxygen atoms in total. The standard InChI is InChI=1S/C11H14N4O2S/c1-7-4-5-10(8(2)6-7)18(16,17)15-11-12-9(3)13-14-11/h4-6H,1-3H3,(H2,12,13,14,15). The summed E-state index contributed by atoms with van der Waals surface area (Å²) in [5.74, 6) is 0.598. The molecule has 0 unspecified atom stereocenters. The van der Waals surface area contributed by atoms with Crippen molar-refractivity contribution in [1.82, 2.24) is 15.2 Å². The number of hydrogen-bond donors (Lipinski definition) is 2. The number of H-pyrrole nitrogens is 1. The molecule has 2 aromatic rings. The third kappa shape index (κ3) is 2.51. The summed E-state index contributed by atoms with van der Waals surface area (Å²) in [6.45, 7) is 5.36. The second kappa shape index (κ2) is 4.41. The molecular weight excluding hydrogens is 252 g/mol. The topological polar surface area (TPSA) is 87.7 Å². The summed E-state index contributed by atoms with van der Waals surface area (Å²) in [5, 5.41) is 6.33. The minimum atomic E-state index is -3.64. The van der Waals surface area contributed by atoms with Crippen molar-refractivity contribution < 1.29 is 8.42 Å². The molecular formula is C11H14N4O2S. The van der Waals surface area contributed by atoms with Crippen LogP contribution in [0.1, 0.15) is 17.0 Å². The van der Waals surface area contributed by atoms with Gasteiger partial charge < -0.3 is 0 Å². The Hall–Kier alpha value is -1.89. The first-order valence-electron chi connectivity index (χ1n) is 5.37. The first-order valence-corrected chi connectivity index (χ1v) is 6.86. The molecule has 0 bridgehead atoms. The van der Waals surface area contributed by atoms with E-state index in [2.05, 4.69) is 19.9 Å². The highest BCUT2D eigenvalue weighted by molar-refractivity contribution is 7.92. The van der Waals surface area contributed by atoms with E-state index in [1.165, 1.54) is 0 Å². The van der Waals surface area contributed by atoms with Crippen LogP contribution in [0.15, 0.2) is 23.1 Å². The number of aromatic amines is 1. The van der Waals surface area contributed by atoms with Crippen LogP contribution in [-0.4, -0.2) is 23.6 Å². The lowest BCUT2D eigenvalue weighted by Gasteiger charge is -2.08. The zero-order chi connectivity index (χ0) is 13.3. The predicted molar refractivity (Wildman–Crippen MR) is 67.8 cm³/mol. The van der Waals surface area contributed by atoms with Crippen LogP contribution in [0.5, 0.6) is 0 Å².